The van der Waals surface area contributed by atoms with E-state index in [0.29, 0.717) is 21.9 Å². The third-order valence-electron chi connectivity index (χ3n) is 3.49. The molecule has 2 rings (SSSR count). The molecule has 0 aliphatic carbocycles. The molecule has 0 heterocycles. The van der Waals surface area contributed by atoms with E-state index in [2.05, 4.69) is 10.9 Å². The van der Waals surface area contributed by atoms with Crippen molar-refractivity contribution in [1.29, 1.82) is 0 Å². The fraction of sp³-hybridized carbons (Fsp3) is 0.211. The molecule has 0 aromatic heterocycles. The second kappa shape index (κ2) is 8.01. The van der Waals surface area contributed by atoms with Gasteiger partial charge in [0.25, 0.3) is 5.91 Å². The molecule has 0 aliphatic rings. The average Bonchev–Trinajstić information content (AvgIpc) is 2.60. The number of carbonyl (C=O) groups excluding carboxylic acids is 3. The summed E-state index contributed by atoms with van der Waals surface area (Å²) in [6.07, 6.45) is 0. The van der Waals surface area contributed by atoms with Crippen molar-refractivity contribution in [2.24, 2.45) is 0 Å². The van der Waals surface area contributed by atoms with E-state index in [9.17, 15) is 14.4 Å². The fourth-order valence-corrected chi connectivity index (χ4v) is 2.20. The molecule has 0 radical (unpaired) electrons. The van der Waals surface area contributed by atoms with Gasteiger partial charge >= 0.3 is 0 Å². The minimum Gasteiger partial charge on any atom is -0.478 e. The number of hydrogen-bond donors (Lipinski definition) is 2. The largest absolute Gasteiger partial charge is 0.478 e. The molecule has 0 fully saturated rings. The Hall–Kier alpha value is -2.86. The first-order valence-electron chi connectivity index (χ1n) is 7.85. The molecule has 2 N–H and O–H groups in total. The van der Waals surface area contributed by atoms with E-state index in [0.717, 1.165) is 0 Å². The average molecular weight is 375 g/mol. The minimum atomic E-state index is -1.22. The van der Waals surface area contributed by atoms with Gasteiger partial charge in [0.15, 0.2) is 11.4 Å². The van der Waals surface area contributed by atoms with E-state index in [1.807, 2.05) is 0 Å². The zero-order valence-corrected chi connectivity index (χ0v) is 15.4. The van der Waals surface area contributed by atoms with Crippen molar-refractivity contribution in [2.45, 2.75) is 26.4 Å². The van der Waals surface area contributed by atoms with Crippen LogP contribution in [0.15, 0.2) is 48.5 Å². The number of amides is 2. The molecule has 0 aliphatic heterocycles. The molecule has 2 amide bonds. The van der Waals surface area contributed by atoms with Crippen LogP contribution in [0.4, 0.5) is 0 Å². The zero-order valence-electron chi connectivity index (χ0n) is 14.6. The number of nitrogens with one attached hydrogen (secondary N) is 2. The maximum atomic E-state index is 12.4. The lowest BCUT2D eigenvalue weighted by Gasteiger charge is -2.25. The molecule has 26 heavy (non-hydrogen) atoms. The smallest absolute Gasteiger partial charge is 0.281 e. The molecule has 6 nitrogen and oxygen atoms in total. The molecule has 2 aromatic rings. The number of hydrogen-bond acceptors (Lipinski definition) is 4. The van der Waals surface area contributed by atoms with E-state index in [-0.39, 0.29) is 11.7 Å². The van der Waals surface area contributed by atoms with Gasteiger partial charge in [-0.3, -0.25) is 25.2 Å². The first kappa shape index (κ1) is 19.5. The van der Waals surface area contributed by atoms with Crippen molar-refractivity contribution in [2.75, 3.05) is 0 Å². The Morgan fingerprint density at radius 1 is 0.885 bits per heavy atom. The molecule has 2 aromatic carbocycles. The number of hydrazine groups is 1. The highest BCUT2D eigenvalue weighted by atomic mass is 35.5. The maximum Gasteiger partial charge on any atom is 0.281 e. The van der Waals surface area contributed by atoms with Crippen LogP contribution in [0.3, 0.4) is 0 Å². The number of ketones is 1. The van der Waals surface area contributed by atoms with Gasteiger partial charge < -0.3 is 4.74 Å². The highest BCUT2D eigenvalue weighted by molar-refractivity contribution is 6.30. The fourth-order valence-electron chi connectivity index (χ4n) is 2.08. The van der Waals surface area contributed by atoms with Crippen molar-refractivity contribution >= 4 is 29.2 Å². The van der Waals surface area contributed by atoms with Gasteiger partial charge in [-0.1, -0.05) is 11.6 Å². The molecule has 0 bridgehead atoms. The van der Waals surface area contributed by atoms with Gasteiger partial charge in [-0.15, -0.1) is 0 Å². The van der Waals surface area contributed by atoms with E-state index in [1.165, 1.54) is 6.92 Å². The number of benzene rings is 2. The van der Waals surface area contributed by atoms with Gasteiger partial charge in [0.2, 0.25) is 5.91 Å². The van der Waals surface area contributed by atoms with Crippen LogP contribution in [0.1, 0.15) is 36.7 Å². The molecule has 0 unspecified atom stereocenters. The monoisotopic (exact) mass is 374 g/mol. The van der Waals surface area contributed by atoms with E-state index >= 15 is 0 Å². The van der Waals surface area contributed by atoms with Gasteiger partial charge in [-0.25, -0.2) is 0 Å². The van der Waals surface area contributed by atoms with Crippen molar-refractivity contribution in [1.82, 2.24) is 10.9 Å². The normalized spacial score (nSPS) is 10.8. The van der Waals surface area contributed by atoms with Crippen molar-refractivity contribution in [3.05, 3.63) is 64.7 Å². The predicted molar refractivity (Wildman–Crippen MR) is 98.0 cm³/mol. The Kier molecular flexibility index (Phi) is 6.00. The standard InChI is InChI=1S/C19H19ClN2O4/c1-12(23)21-22-18(25)19(2,3)26-16-10-6-14(7-11-16)17(24)13-4-8-15(20)9-5-13/h4-11H,1-3H3,(H,21,23)(H,22,25). The molecule has 0 saturated heterocycles. The van der Waals surface area contributed by atoms with Crippen LogP contribution in [0.2, 0.25) is 5.02 Å². The summed E-state index contributed by atoms with van der Waals surface area (Å²) < 4.78 is 5.66. The van der Waals surface area contributed by atoms with E-state index < -0.39 is 11.5 Å². The van der Waals surface area contributed by atoms with Gasteiger partial charge in [-0.05, 0) is 62.4 Å². The first-order chi connectivity index (χ1) is 12.2. The minimum absolute atomic E-state index is 0.143. The Bertz CT molecular complexity index is 814. The van der Waals surface area contributed by atoms with Crippen LogP contribution >= 0.6 is 11.6 Å². The summed E-state index contributed by atoms with van der Waals surface area (Å²) in [7, 11) is 0. The van der Waals surface area contributed by atoms with Gasteiger partial charge in [0, 0.05) is 23.1 Å². The summed E-state index contributed by atoms with van der Waals surface area (Å²) in [5, 5.41) is 0.560. The molecule has 0 spiro atoms. The molecule has 7 heteroatoms. The molecule has 0 saturated carbocycles. The van der Waals surface area contributed by atoms with Crippen molar-refractivity contribution in [3.8, 4) is 5.75 Å². The number of carbonyl (C=O) groups is 3. The third kappa shape index (κ3) is 5.07. The number of ether oxygens (including phenoxy) is 1. The lowest BCUT2D eigenvalue weighted by Crippen LogP contribution is -2.52. The molecule has 0 atom stereocenters. The van der Waals surface area contributed by atoms with E-state index in [4.69, 9.17) is 16.3 Å². The molecule has 136 valence electrons. The van der Waals surface area contributed by atoms with Gasteiger partial charge in [0.1, 0.15) is 5.75 Å². The molecular weight excluding hydrogens is 356 g/mol. The Labute approximate surface area is 156 Å². The van der Waals surface area contributed by atoms with Crippen LogP contribution < -0.4 is 15.6 Å². The summed E-state index contributed by atoms with van der Waals surface area (Å²) in [6.45, 7) is 4.42. The van der Waals surface area contributed by atoms with Crippen LogP contribution in [0.25, 0.3) is 0 Å². The van der Waals surface area contributed by atoms with Gasteiger partial charge in [-0.2, -0.15) is 0 Å². The maximum absolute atomic E-state index is 12.4. The summed E-state index contributed by atoms with van der Waals surface area (Å²) in [4.78, 5) is 35.3. The van der Waals surface area contributed by atoms with Crippen LogP contribution in [-0.2, 0) is 9.59 Å². The second-order valence-corrected chi connectivity index (χ2v) is 6.54. The van der Waals surface area contributed by atoms with Gasteiger partial charge in [0.05, 0.1) is 0 Å². The van der Waals surface area contributed by atoms with Crippen LogP contribution in [-0.4, -0.2) is 23.2 Å². The second-order valence-electron chi connectivity index (χ2n) is 6.11. The summed E-state index contributed by atoms with van der Waals surface area (Å²) in [6, 6.07) is 13.1. The van der Waals surface area contributed by atoms with Crippen molar-refractivity contribution in [3.63, 3.8) is 0 Å². The Balaban J connectivity index is 2.06. The van der Waals surface area contributed by atoms with Crippen LogP contribution in [0.5, 0.6) is 5.75 Å². The topological polar surface area (TPSA) is 84.5 Å². The lowest BCUT2D eigenvalue weighted by molar-refractivity contribution is -0.137. The Morgan fingerprint density at radius 2 is 1.38 bits per heavy atom. The Morgan fingerprint density at radius 3 is 1.88 bits per heavy atom. The third-order valence-corrected chi connectivity index (χ3v) is 3.75. The highest BCUT2D eigenvalue weighted by Gasteiger charge is 2.30. The first-order valence-corrected chi connectivity index (χ1v) is 8.23. The highest BCUT2D eigenvalue weighted by Crippen LogP contribution is 2.21. The SMILES string of the molecule is CC(=O)NNC(=O)C(C)(C)Oc1ccc(C(=O)c2ccc(Cl)cc2)cc1. The number of halogens is 1. The van der Waals surface area contributed by atoms with Crippen molar-refractivity contribution < 1.29 is 19.1 Å². The molecular formula is C19H19ClN2O4. The quantitative estimate of drug-likeness (QED) is 0.622. The predicted octanol–water partition coefficient (Wildman–Crippen LogP) is 2.90. The summed E-state index contributed by atoms with van der Waals surface area (Å²) in [5.74, 6) is -0.621. The van der Waals surface area contributed by atoms with E-state index in [1.54, 1.807) is 62.4 Å². The van der Waals surface area contributed by atoms with Crippen LogP contribution in [0, 0.1) is 0 Å². The summed E-state index contributed by atoms with van der Waals surface area (Å²) >= 11 is 5.83. The lowest BCUT2D eigenvalue weighted by atomic mass is 10.0. The summed E-state index contributed by atoms with van der Waals surface area (Å²) in [5.41, 5.74) is 4.27. The zero-order chi connectivity index (χ0) is 19.3. The number of rotatable bonds is 5.